The molecular weight excluding hydrogens is 280 g/mol. The van der Waals surface area contributed by atoms with Crippen LogP contribution >= 0.6 is 23.1 Å². The number of piperidine rings is 1. The number of anilines is 1. The molecule has 1 atom stereocenters. The monoisotopic (exact) mass is 300 g/mol. The number of hydrogen-bond acceptors (Lipinski definition) is 6. The van der Waals surface area contributed by atoms with E-state index in [0.717, 1.165) is 18.1 Å². The smallest absolute Gasteiger partial charge is 0.236 e. The maximum Gasteiger partial charge on any atom is 0.236 e. The molecule has 0 aromatic carbocycles. The zero-order chi connectivity index (χ0) is 13.7. The van der Waals surface area contributed by atoms with Crippen LogP contribution in [-0.2, 0) is 4.79 Å². The quantitative estimate of drug-likeness (QED) is 0.871. The normalized spacial score (nSPS) is 19.6. The maximum absolute atomic E-state index is 11.8. The van der Waals surface area contributed by atoms with Crippen molar-refractivity contribution in [1.29, 1.82) is 0 Å². The number of hydrogen-bond donors (Lipinski definition) is 2. The minimum absolute atomic E-state index is 0.0158. The summed E-state index contributed by atoms with van der Waals surface area (Å²) in [6.07, 6.45) is 2.40. The van der Waals surface area contributed by atoms with E-state index in [4.69, 9.17) is 0 Å². The number of nitrogens with one attached hydrogen (secondary N) is 2. The molecule has 2 heterocycles. The van der Waals surface area contributed by atoms with Crippen molar-refractivity contribution in [3.05, 3.63) is 5.01 Å². The van der Waals surface area contributed by atoms with Gasteiger partial charge in [-0.2, -0.15) is 0 Å². The van der Waals surface area contributed by atoms with Crippen LogP contribution in [0.1, 0.15) is 37.6 Å². The standard InChI is InChI=1S/C12H20N4OS2/c1-8(2)11-15-16-12(19-11)14-10(17)7-18-9-4-3-5-13-6-9/h8-9,13H,3-7H2,1-2H3,(H,14,16,17). The molecule has 1 aliphatic heterocycles. The van der Waals surface area contributed by atoms with Gasteiger partial charge in [0.15, 0.2) is 0 Å². The molecular formula is C12H20N4OS2. The number of amides is 1. The zero-order valence-corrected chi connectivity index (χ0v) is 12.9. The molecule has 0 radical (unpaired) electrons. The van der Waals surface area contributed by atoms with Crippen molar-refractivity contribution < 1.29 is 4.79 Å². The van der Waals surface area contributed by atoms with Crippen molar-refractivity contribution in [1.82, 2.24) is 15.5 Å². The molecule has 7 heteroatoms. The van der Waals surface area contributed by atoms with Crippen LogP contribution in [0.2, 0.25) is 0 Å². The van der Waals surface area contributed by atoms with Gasteiger partial charge < -0.3 is 5.32 Å². The van der Waals surface area contributed by atoms with Crippen LogP contribution in [0, 0.1) is 0 Å². The Hall–Kier alpha value is -0.660. The van der Waals surface area contributed by atoms with E-state index >= 15 is 0 Å². The van der Waals surface area contributed by atoms with Crippen LogP contribution < -0.4 is 10.6 Å². The third-order valence-corrected chi connectivity index (χ3v) is 5.32. The first-order chi connectivity index (χ1) is 9.15. The number of nitrogens with zero attached hydrogens (tertiary/aromatic N) is 2. The van der Waals surface area contributed by atoms with E-state index in [1.807, 2.05) is 0 Å². The molecule has 1 aromatic rings. The summed E-state index contributed by atoms with van der Waals surface area (Å²) in [6, 6.07) is 0. The second-order valence-corrected chi connectivity index (χ2v) is 7.23. The second-order valence-electron chi connectivity index (χ2n) is 4.93. The first-order valence-electron chi connectivity index (χ1n) is 6.60. The Morgan fingerprint density at radius 3 is 3.05 bits per heavy atom. The van der Waals surface area contributed by atoms with Crippen LogP contribution in [0.5, 0.6) is 0 Å². The van der Waals surface area contributed by atoms with Crippen molar-refractivity contribution in [2.45, 2.75) is 37.9 Å². The van der Waals surface area contributed by atoms with Gasteiger partial charge in [-0.05, 0) is 19.4 Å². The lowest BCUT2D eigenvalue weighted by Gasteiger charge is -2.21. The molecule has 1 amide bonds. The third kappa shape index (κ3) is 4.74. The molecule has 106 valence electrons. The Morgan fingerprint density at radius 2 is 2.42 bits per heavy atom. The largest absolute Gasteiger partial charge is 0.316 e. The molecule has 2 N–H and O–H groups in total. The SMILES string of the molecule is CC(C)c1nnc(NC(=O)CSC2CCCNC2)s1. The molecule has 2 rings (SSSR count). The van der Waals surface area contributed by atoms with Crippen molar-refractivity contribution in [2.75, 3.05) is 24.2 Å². The lowest BCUT2D eigenvalue weighted by molar-refractivity contribution is -0.113. The fraction of sp³-hybridized carbons (Fsp3) is 0.750. The van der Waals surface area contributed by atoms with E-state index < -0.39 is 0 Å². The van der Waals surface area contributed by atoms with Crippen molar-refractivity contribution in [3.63, 3.8) is 0 Å². The number of rotatable bonds is 5. The Bertz CT molecular complexity index is 416. The van der Waals surface area contributed by atoms with Gasteiger partial charge in [0, 0.05) is 17.7 Å². The molecule has 1 saturated heterocycles. The van der Waals surface area contributed by atoms with Gasteiger partial charge in [-0.1, -0.05) is 25.2 Å². The van der Waals surface area contributed by atoms with E-state index in [1.54, 1.807) is 11.8 Å². The van der Waals surface area contributed by atoms with Crippen molar-refractivity contribution in [3.8, 4) is 0 Å². The highest BCUT2D eigenvalue weighted by Gasteiger charge is 2.16. The number of aromatic nitrogens is 2. The van der Waals surface area contributed by atoms with E-state index in [2.05, 4.69) is 34.7 Å². The highest BCUT2D eigenvalue weighted by molar-refractivity contribution is 8.00. The second kappa shape index (κ2) is 7.21. The van der Waals surface area contributed by atoms with Gasteiger partial charge in [0.1, 0.15) is 5.01 Å². The summed E-state index contributed by atoms with van der Waals surface area (Å²) in [4.78, 5) is 11.8. The molecule has 1 unspecified atom stereocenters. The molecule has 0 spiro atoms. The Balaban J connectivity index is 1.73. The van der Waals surface area contributed by atoms with Crippen LogP contribution in [0.15, 0.2) is 0 Å². The Morgan fingerprint density at radius 1 is 1.58 bits per heavy atom. The van der Waals surface area contributed by atoms with Crippen LogP contribution in [0.3, 0.4) is 0 Å². The number of carbonyl (C=O) groups is 1. The summed E-state index contributed by atoms with van der Waals surface area (Å²) < 4.78 is 0. The van der Waals surface area contributed by atoms with E-state index in [1.165, 1.54) is 24.2 Å². The topological polar surface area (TPSA) is 66.9 Å². The molecule has 5 nitrogen and oxygen atoms in total. The average molecular weight is 300 g/mol. The Labute approximate surface area is 122 Å². The zero-order valence-electron chi connectivity index (χ0n) is 11.3. The highest BCUT2D eigenvalue weighted by Crippen LogP contribution is 2.23. The van der Waals surface area contributed by atoms with Gasteiger partial charge in [0.05, 0.1) is 5.75 Å². The maximum atomic E-state index is 11.8. The summed E-state index contributed by atoms with van der Waals surface area (Å²) in [5.41, 5.74) is 0. The van der Waals surface area contributed by atoms with Crippen molar-refractivity contribution in [2.24, 2.45) is 0 Å². The average Bonchev–Trinajstić information content (AvgIpc) is 2.86. The van der Waals surface area contributed by atoms with Gasteiger partial charge in [-0.25, -0.2) is 0 Å². The van der Waals surface area contributed by atoms with Crippen LogP contribution in [0.4, 0.5) is 5.13 Å². The number of carbonyl (C=O) groups excluding carboxylic acids is 1. The van der Waals surface area contributed by atoms with Crippen LogP contribution in [0.25, 0.3) is 0 Å². The van der Waals surface area contributed by atoms with E-state index in [9.17, 15) is 4.79 Å². The molecule has 1 aromatic heterocycles. The molecule has 1 aliphatic rings. The Kier molecular flexibility index (Phi) is 5.59. The summed E-state index contributed by atoms with van der Waals surface area (Å²) >= 11 is 3.17. The first-order valence-corrected chi connectivity index (χ1v) is 8.47. The predicted octanol–water partition coefficient (Wildman–Crippen LogP) is 2.09. The molecule has 0 saturated carbocycles. The molecule has 1 fully saturated rings. The van der Waals surface area contributed by atoms with Gasteiger partial charge in [0.25, 0.3) is 0 Å². The highest BCUT2D eigenvalue weighted by atomic mass is 32.2. The van der Waals surface area contributed by atoms with Gasteiger partial charge in [-0.15, -0.1) is 22.0 Å². The lowest BCUT2D eigenvalue weighted by Crippen LogP contribution is -2.32. The summed E-state index contributed by atoms with van der Waals surface area (Å²) in [7, 11) is 0. The minimum Gasteiger partial charge on any atom is -0.316 e. The van der Waals surface area contributed by atoms with Gasteiger partial charge in [-0.3, -0.25) is 10.1 Å². The fourth-order valence-electron chi connectivity index (χ4n) is 1.83. The van der Waals surface area contributed by atoms with Crippen LogP contribution in [-0.4, -0.2) is 40.2 Å². The summed E-state index contributed by atoms with van der Waals surface area (Å²) in [5.74, 6) is 0.857. The van der Waals surface area contributed by atoms with Gasteiger partial charge >= 0.3 is 0 Å². The predicted molar refractivity (Wildman–Crippen MR) is 81.0 cm³/mol. The molecule has 0 bridgehead atoms. The first kappa shape index (κ1) is 14.7. The number of thioether (sulfide) groups is 1. The third-order valence-electron chi connectivity index (χ3n) is 2.88. The molecule has 0 aliphatic carbocycles. The van der Waals surface area contributed by atoms with Gasteiger partial charge in [0.2, 0.25) is 11.0 Å². The fourth-order valence-corrected chi connectivity index (χ4v) is 3.62. The van der Waals surface area contributed by atoms with E-state index in [0.29, 0.717) is 22.1 Å². The minimum atomic E-state index is 0.0158. The lowest BCUT2D eigenvalue weighted by atomic mass is 10.2. The summed E-state index contributed by atoms with van der Waals surface area (Å²) in [6.45, 7) is 6.25. The van der Waals surface area contributed by atoms with Crippen molar-refractivity contribution >= 4 is 34.1 Å². The van der Waals surface area contributed by atoms with E-state index in [-0.39, 0.29) is 5.91 Å². The summed E-state index contributed by atoms with van der Waals surface area (Å²) in [5, 5.41) is 16.3. The molecule has 19 heavy (non-hydrogen) atoms.